The van der Waals surface area contributed by atoms with Crippen LogP contribution in [0.4, 0.5) is 32.3 Å². The summed E-state index contributed by atoms with van der Waals surface area (Å²) in [6, 6.07) is 12.9. The lowest BCUT2D eigenvalue weighted by Gasteiger charge is -2.18. The molecule has 4 N–H and O–H groups in total. The molecule has 0 saturated carbocycles. The third kappa shape index (κ3) is 5.34. The Hall–Kier alpha value is -3.82. The van der Waals surface area contributed by atoms with E-state index in [2.05, 4.69) is 20.5 Å². The largest absolute Gasteiger partial charge is 0.397 e. The van der Waals surface area contributed by atoms with E-state index in [4.69, 9.17) is 11.5 Å². The Kier molecular flexibility index (Phi) is 6.46. The Bertz CT molecular complexity index is 868. The van der Waals surface area contributed by atoms with E-state index in [1.165, 1.54) is 0 Å². The second-order valence-electron chi connectivity index (χ2n) is 6.41. The van der Waals surface area contributed by atoms with Gasteiger partial charge in [0.15, 0.2) is 0 Å². The lowest BCUT2D eigenvalue weighted by atomic mass is 10.3. The molecular weight excluding hydrogens is 372 g/mol. The Morgan fingerprint density at radius 1 is 0.690 bits per heavy atom. The van der Waals surface area contributed by atoms with Crippen LogP contribution in [0.3, 0.4) is 0 Å². The van der Waals surface area contributed by atoms with E-state index in [1.54, 1.807) is 58.3 Å². The van der Waals surface area contributed by atoms with Crippen LogP contribution in [-0.2, 0) is 0 Å². The summed E-state index contributed by atoms with van der Waals surface area (Å²) < 4.78 is 0. The molecule has 150 valence electrons. The lowest BCUT2D eigenvalue weighted by Crippen LogP contribution is -2.35. The van der Waals surface area contributed by atoms with Crippen molar-refractivity contribution in [2.75, 3.05) is 37.6 Å². The average Bonchev–Trinajstić information content (AvgIpc) is 2.98. The van der Waals surface area contributed by atoms with Crippen LogP contribution >= 0.6 is 0 Å². The number of azo groups is 2. The minimum absolute atomic E-state index is 0.330. The van der Waals surface area contributed by atoms with Crippen molar-refractivity contribution in [3.8, 4) is 0 Å². The van der Waals surface area contributed by atoms with Crippen LogP contribution in [0.2, 0.25) is 0 Å². The predicted octanol–water partition coefficient (Wildman–Crippen LogP) is 3.97. The molecule has 0 bridgehead atoms. The number of amides is 4. The van der Waals surface area contributed by atoms with Gasteiger partial charge >= 0.3 is 12.1 Å². The van der Waals surface area contributed by atoms with Gasteiger partial charge in [0.2, 0.25) is 0 Å². The van der Waals surface area contributed by atoms with Crippen molar-refractivity contribution in [3.63, 3.8) is 0 Å². The maximum atomic E-state index is 12.3. The molecule has 10 heteroatoms. The molecule has 1 saturated heterocycles. The minimum atomic E-state index is -0.471. The van der Waals surface area contributed by atoms with Gasteiger partial charge in [-0.25, -0.2) is 9.59 Å². The average molecular weight is 394 g/mol. The van der Waals surface area contributed by atoms with Gasteiger partial charge in [-0.15, -0.1) is 10.2 Å². The monoisotopic (exact) mass is 394 g/mol. The lowest BCUT2D eigenvalue weighted by molar-refractivity contribution is 0.200. The molecule has 1 heterocycles. The number of nitrogens with zero attached hydrogens (tertiary/aromatic N) is 6. The normalized spacial score (nSPS) is 15.0. The number of nitrogen functional groups attached to an aromatic ring is 2. The predicted molar refractivity (Wildman–Crippen MR) is 109 cm³/mol. The molecule has 1 fully saturated rings. The van der Waals surface area contributed by atoms with E-state index >= 15 is 0 Å². The summed E-state index contributed by atoms with van der Waals surface area (Å²) in [6.45, 7) is 1.59. The van der Waals surface area contributed by atoms with Crippen molar-refractivity contribution in [3.05, 3.63) is 48.5 Å². The van der Waals surface area contributed by atoms with Gasteiger partial charge in [0.05, 0.1) is 11.4 Å². The number of hydrogen-bond donors (Lipinski definition) is 2. The number of hydrogen-bond acceptors (Lipinski definition) is 6. The Balaban J connectivity index is 1.57. The summed E-state index contributed by atoms with van der Waals surface area (Å²) in [5.74, 6) is 0. The third-order valence-corrected chi connectivity index (χ3v) is 4.40. The van der Waals surface area contributed by atoms with Crippen LogP contribution in [0.25, 0.3) is 0 Å². The quantitative estimate of drug-likeness (QED) is 0.587. The van der Waals surface area contributed by atoms with Crippen molar-refractivity contribution in [2.24, 2.45) is 20.5 Å². The maximum absolute atomic E-state index is 12.3. The molecule has 29 heavy (non-hydrogen) atoms. The van der Waals surface area contributed by atoms with Crippen molar-refractivity contribution in [2.45, 2.75) is 6.42 Å². The van der Waals surface area contributed by atoms with E-state index in [1.807, 2.05) is 0 Å². The highest BCUT2D eigenvalue weighted by atomic mass is 16.2. The Labute approximate surface area is 167 Å². The SMILES string of the molecule is Nc1ccccc1N=NC(=O)N1CCCN(C(=O)N=Nc2ccccc2N)CC1. The van der Waals surface area contributed by atoms with Gasteiger partial charge in [-0.2, -0.15) is 0 Å². The maximum Gasteiger partial charge on any atom is 0.362 e. The van der Waals surface area contributed by atoms with Gasteiger partial charge < -0.3 is 21.3 Å². The van der Waals surface area contributed by atoms with Crippen molar-refractivity contribution in [1.82, 2.24) is 9.80 Å². The number of para-hydroxylation sites is 2. The van der Waals surface area contributed by atoms with Crippen LogP contribution in [0.1, 0.15) is 6.42 Å². The van der Waals surface area contributed by atoms with Gasteiger partial charge in [-0.3, -0.25) is 0 Å². The molecule has 2 aromatic rings. The standard InChI is InChI=1S/C19H22N8O2/c20-14-6-1-3-8-16(14)22-24-18(28)26-10-5-11-27(13-12-26)19(29)25-23-17-9-4-2-7-15(17)21/h1-4,6-9H,5,10-13,20-21H2. The highest BCUT2D eigenvalue weighted by molar-refractivity contribution is 5.77. The number of carbonyl (C=O) groups is 2. The van der Waals surface area contributed by atoms with Gasteiger partial charge in [0.1, 0.15) is 11.4 Å². The van der Waals surface area contributed by atoms with Gasteiger partial charge in [0, 0.05) is 26.2 Å². The third-order valence-electron chi connectivity index (χ3n) is 4.40. The summed E-state index contributed by atoms with van der Waals surface area (Å²) in [5.41, 5.74) is 13.4. The fourth-order valence-electron chi connectivity index (χ4n) is 2.78. The van der Waals surface area contributed by atoms with Crippen LogP contribution in [0, 0.1) is 0 Å². The zero-order chi connectivity index (χ0) is 20.6. The summed E-state index contributed by atoms with van der Waals surface area (Å²) in [4.78, 5) is 27.7. The van der Waals surface area contributed by atoms with Gasteiger partial charge in [0.25, 0.3) is 0 Å². The van der Waals surface area contributed by atoms with Crippen LogP contribution < -0.4 is 11.5 Å². The highest BCUT2D eigenvalue weighted by Gasteiger charge is 2.22. The Morgan fingerprint density at radius 3 is 1.52 bits per heavy atom. The summed E-state index contributed by atoms with van der Waals surface area (Å²) in [6.07, 6.45) is 0.601. The van der Waals surface area contributed by atoms with Crippen LogP contribution in [0.15, 0.2) is 69.0 Å². The number of nitrogens with two attached hydrogens (primary N) is 2. The molecule has 0 aliphatic carbocycles. The topological polar surface area (TPSA) is 142 Å². The molecule has 0 aromatic heterocycles. The summed E-state index contributed by atoms with van der Waals surface area (Å²) in [7, 11) is 0. The fraction of sp³-hybridized carbons (Fsp3) is 0.263. The number of urea groups is 2. The minimum Gasteiger partial charge on any atom is -0.397 e. The number of rotatable bonds is 2. The molecule has 0 spiro atoms. The van der Waals surface area contributed by atoms with E-state index in [0.29, 0.717) is 55.3 Å². The van der Waals surface area contributed by atoms with E-state index in [9.17, 15) is 9.59 Å². The number of carbonyl (C=O) groups excluding carboxylic acids is 2. The fourth-order valence-corrected chi connectivity index (χ4v) is 2.78. The van der Waals surface area contributed by atoms with E-state index in [0.717, 1.165) is 0 Å². The number of benzene rings is 2. The molecule has 1 aliphatic heterocycles. The molecule has 0 radical (unpaired) electrons. The molecule has 1 aliphatic rings. The number of anilines is 2. The van der Waals surface area contributed by atoms with Crippen molar-refractivity contribution >= 4 is 34.8 Å². The molecule has 10 nitrogen and oxygen atoms in total. The molecular formula is C19H22N8O2. The first-order chi connectivity index (χ1) is 14.0. The van der Waals surface area contributed by atoms with Crippen molar-refractivity contribution < 1.29 is 9.59 Å². The molecule has 4 amide bonds. The van der Waals surface area contributed by atoms with E-state index < -0.39 is 12.1 Å². The zero-order valence-corrected chi connectivity index (χ0v) is 15.8. The summed E-state index contributed by atoms with van der Waals surface area (Å²) in [5, 5.41) is 15.3. The molecule has 2 aromatic carbocycles. The first-order valence-electron chi connectivity index (χ1n) is 9.15. The highest BCUT2D eigenvalue weighted by Crippen LogP contribution is 2.22. The first-order valence-corrected chi connectivity index (χ1v) is 9.15. The summed E-state index contributed by atoms with van der Waals surface area (Å²) >= 11 is 0. The second-order valence-corrected chi connectivity index (χ2v) is 6.41. The smallest absolute Gasteiger partial charge is 0.362 e. The second kappa shape index (κ2) is 9.40. The van der Waals surface area contributed by atoms with Gasteiger partial charge in [-0.1, -0.05) is 34.5 Å². The molecule has 0 unspecified atom stereocenters. The van der Waals surface area contributed by atoms with Crippen LogP contribution in [0.5, 0.6) is 0 Å². The van der Waals surface area contributed by atoms with Gasteiger partial charge in [-0.05, 0) is 30.7 Å². The van der Waals surface area contributed by atoms with Crippen LogP contribution in [-0.4, -0.2) is 48.0 Å². The van der Waals surface area contributed by atoms with E-state index in [-0.39, 0.29) is 0 Å². The zero-order valence-electron chi connectivity index (χ0n) is 15.8. The molecule has 3 rings (SSSR count). The first kappa shape index (κ1) is 19.9. The molecule has 0 atom stereocenters. The Morgan fingerprint density at radius 2 is 1.10 bits per heavy atom. The van der Waals surface area contributed by atoms with Crippen molar-refractivity contribution in [1.29, 1.82) is 0 Å².